The maximum Gasteiger partial charge on any atom is 0.191 e. The van der Waals surface area contributed by atoms with Crippen LogP contribution in [-0.4, -0.2) is 38.3 Å². The lowest BCUT2D eigenvalue weighted by Gasteiger charge is -2.25. The minimum absolute atomic E-state index is 0.0547. The molecule has 0 spiro atoms. The summed E-state index contributed by atoms with van der Waals surface area (Å²) in [5, 5.41) is 6.54. The molecule has 0 aliphatic carbocycles. The van der Waals surface area contributed by atoms with Crippen molar-refractivity contribution in [3.63, 3.8) is 0 Å². The van der Waals surface area contributed by atoms with E-state index >= 15 is 0 Å². The first-order chi connectivity index (χ1) is 10.8. The fourth-order valence-corrected chi connectivity index (χ4v) is 2.13. The standard InChI is InChI=1S/C17H25N3O2/c1-3-5-8-11-19-17(18-4-2)20-12-14-13-21-15-9-6-7-10-16(15)22-14/h3,5-7,9-10,14H,4,8,11-13H2,1-2H3,(H2,18,19,20)/b5-3+. The average Bonchev–Trinajstić information content (AvgIpc) is 2.56. The number of nitrogens with zero attached hydrogens (tertiary/aromatic N) is 1. The van der Waals surface area contributed by atoms with Crippen LogP contribution in [0, 0.1) is 0 Å². The summed E-state index contributed by atoms with van der Waals surface area (Å²) < 4.78 is 11.6. The Morgan fingerprint density at radius 3 is 2.91 bits per heavy atom. The van der Waals surface area contributed by atoms with Crippen LogP contribution < -0.4 is 20.1 Å². The van der Waals surface area contributed by atoms with Gasteiger partial charge in [-0.1, -0.05) is 24.3 Å². The molecule has 0 fully saturated rings. The second-order valence-corrected chi connectivity index (χ2v) is 5.00. The third-order valence-electron chi connectivity index (χ3n) is 3.20. The number of allylic oxidation sites excluding steroid dienone is 1. The van der Waals surface area contributed by atoms with Gasteiger partial charge in [-0.2, -0.15) is 0 Å². The number of fused-ring (bicyclic) bond motifs is 1. The molecule has 5 heteroatoms. The number of para-hydroxylation sites is 2. The monoisotopic (exact) mass is 303 g/mol. The number of benzene rings is 1. The molecular weight excluding hydrogens is 278 g/mol. The summed E-state index contributed by atoms with van der Waals surface area (Å²) in [5.74, 6) is 2.41. The molecule has 1 aromatic rings. The van der Waals surface area contributed by atoms with Crippen LogP contribution in [0.3, 0.4) is 0 Å². The number of guanidine groups is 1. The Balaban J connectivity index is 1.85. The zero-order chi connectivity index (χ0) is 15.6. The molecule has 0 radical (unpaired) electrons. The van der Waals surface area contributed by atoms with E-state index in [4.69, 9.17) is 9.47 Å². The van der Waals surface area contributed by atoms with E-state index in [0.717, 1.165) is 37.0 Å². The van der Waals surface area contributed by atoms with Crippen LogP contribution in [0.2, 0.25) is 0 Å². The van der Waals surface area contributed by atoms with Crippen LogP contribution in [0.5, 0.6) is 11.5 Å². The van der Waals surface area contributed by atoms with Gasteiger partial charge in [0.1, 0.15) is 6.61 Å². The van der Waals surface area contributed by atoms with E-state index in [1.807, 2.05) is 31.2 Å². The van der Waals surface area contributed by atoms with E-state index in [9.17, 15) is 0 Å². The molecule has 1 unspecified atom stereocenters. The van der Waals surface area contributed by atoms with Crippen LogP contribution in [0.4, 0.5) is 0 Å². The Hall–Kier alpha value is -2.17. The van der Waals surface area contributed by atoms with Gasteiger partial charge in [0.2, 0.25) is 0 Å². The Morgan fingerprint density at radius 2 is 2.14 bits per heavy atom. The van der Waals surface area contributed by atoms with Crippen LogP contribution in [0.25, 0.3) is 0 Å². The lowest BCUT2D eigenvalue weighted by molar-refractivity contribution is 0.0971. The van der Waals surface area contributed by atoms with E-state index in [2.05, 4.69) is 34.7 Å². The fourth-order valence-electron chi connectivity index (χ4n) is 2.13. The number of aliphatic imine (C=N–C) groups is 1. The van der Waals surface area contributed by atoms with Gasteiger partial charge in [0, 0.05) is 13.1 Å². The molecule has 2 N–H and O–H groups in total. The number of nitrogens with one attached hydrogen (secondary N) is 2. The molecule has 0 bridgehead atoms. The van der Waals surface area contributed by atoms with Crippen molar-refractivity contribution in [2.24, 2.45) is 4.99 Å². The molecule has 1 aliphatic heterocycles. The molecule has 22 heavy (non-hydrogen) atoms. The lowest BCUT2D eigenvalue weighted by atomic mass is 10.2. The molecule has 5 nitrogen and oxygen atoms in total. The number of rotatable bonds is 6. The van der Waals surface area contributed by atoms with E-state index in [0.29, 0.717) is 13.2 Å². The summed E-state index contributed by atoms with van der Waals surface area (Å²) in [6.07, 6.45) is 5.11. The van der Waals surface area contributed by atoms with Crippen molar-refractivity contribution >= 4 is 5.96 Å². The number of hydrogen-bond donors (Lipinski definition) is 2. The van der Waals surface area contributed by atoms with Crippen molar-refractivity contribution in [1.82, 2.24) is 10.6 Å². The Kier molecular flexibility index (Phi) is 6.61. The topological polar surface area (TPSA) is 54.9 Å². The molecular formula is C17H25N3O2. The van der Waals surface area contributed by atoms with Crippen molar-refractivity contribution < 1.29 is 9.47 Å². The Bertz CT molecular complexity index is 514. The van der Waals surface area contributed by atoms with Crippen LogP contribution in [-0.2, 0) is 0 Å². The molecule has 1 atom stereocenters. The summed E-state index contributed by atoms with van der Waals surface area (Å²) >= 11 is 0. The van der Waals surface area contributed by atoms with Gasteiger partial charge in [0.25, 0.3) is 0 Å². The van der Waals surface area contributed by atoms with Crippen molar-refractivity contribution in [1.29, 1.82) is 0 Å². The second kappa shape index (κ2) is 8.97. The van der Waals surface area contributed by atoms with Crippen molar-refractivity contribution in [3.8, 4) is 11.5 Å². The highest BCUT2D eigenvalue weighted by Gasteiger charge is 2.20. The summed E-state index contributed by atoms with van der Waals surface area (Å²) in [7, 11) is 0. The van der Waals surface area contributed by atoms with Gasteiger partial charge < -0.3 is 20.1 Å². The van der Waals surface area contributed by atoms with Gasteiger partial charge in [-0.15, -0.1) is 0 Å². The van der Waals surface area contributed by atoms with Crippen molar-refractivity contribution in [2.45, 2.75) is 26.4 Å². The number of hydrogen-bond acceptors (Lipinski definition) is 3. The summed E-state index contributed by atoms with van der Waals surface area (Å²) in [5.41, 5.74) is 0. The molecule has 2 rings (SSSR count). The van der Waals surface area contributed by atoms with Crippen LogP contribution >= 0.6 is 0 Å². The molecule has 120 valence electrons. The first kappa shape index (κ1) is 16.2. The predicted octanol–water partition coefficient (Wildman–Crippen LogP) is 2.35. The third kappa shape index (κ3) is 4.98. The molecule has 1 heterocycles. The highest BCUT2D eigenvalue weighted by atomic mass is 16.6. The molecule has 1 aliphatic rings. The van der Waals surface area contributed by atoms with E-state index < -0.39 is 0 Å². The van der Waals surface area contributed by atoms with Gasteiger partial charge in [-0.05, 0) is 32.4 Å². The minimum atomic E-state index is -0.0547. The van der Waals surface area contributed by atoms with Crippen molar-refractivity contribution in [2.75, 3.05) is 26.2 Å². The molecule has 0 saturated heterocycles. The predicted molar refractivity (Wildman–Crippen MR) is 89.8 cm³/mol. The summed E-state index contributed by atoms with van der Waals surface area (Å²) in [6.45, 7) is 6.87. The first-order valence-electron chi connectivity index (χ1n) is 7.85. The smallest absolute Gasteiger partial charge is 0.191 e. The van der Waals surface area contributed by atoms with Gasteiger partial charge in [0.05, 0.1) is 6.54 Å². The van der Waals surface area contributed by atoms with Gasteiger partial charge in [-0.3, -0.25) is 0 Å². The van der Waals surface area contributed by atoms with Gasteiger partial charge in [-0.25, -0.2) is 4.99 Å². The maximum atomic E-state index is 5.90. The largest absolute Gasteiger partial charge is 0.486 e. The fraction of sp³-hybridized carbons (Fsp3) is 0.471. The first-order valence-corrected chi connectivity index (χ1v) is 7.85. The summed E-state index contributed by atoms with van der Waals surface area (Å²) in [4.78, 5) is 4.57. The van der Waals surface area contributed by atoms with Gasteiger partial charge in [0.15, 0.2) is 23.6 Å². The zero-order valence-electron chi connectivity index (χ0n) is 13.3. The number of ether oxygens (including phenoxy) is 2. The molecule has 0 aromatic heterocycles. The van der Waals surface area contributed by atoms with Crippen molar-refractivity contribution in [3.05, 3.63) is 36.4 Å². The SMILES string of the molecule is C/C=C/CCNC(=NCC1COc2ccccc2O1)NCC. The van der Waals surface area contributed by atoms with Gasteiger partial charge >= 0.3 is 0 Å². The van der Waals surface area contributed by atoms with Crippen LogP contribution in [0.1, 0.15) is 20.3 Å². The minimum Gasteiger partial charge on any atom is -0.486 e. The van der Waals surface area contributed by atoms with E-state index in [1.54, 1.807) is 0 Å². The molecule has 0 amide bonds. The van der Waals surface area contributed by atoms with Crippen LogP contribution in [0.15, 0.2) is 41.4 Å². The molecule has 0 saturated carbocycles. The normalized spacial score (nSPS) is 17.5. The third-order valence-corrected chi connectivity index (χ3v) is 3.20. The average molecular weight is 303 g/mol. The molecule has 1 aromatic carbocycles. The maximum absolute atomic E-state index is 5.90. The summed E-state index contributed by atoms with van der Waals surface area (Å²) in [6, 6.07) is 7.73. The Morgan fingerprint density at radius 1 is 1.32 bits per heavy atom. The quantitative estimate of drug-likeness (QED) is 0.367. The highest BCUT2D eigenvalue weighted by molar-refractivity contribution is 5.79. The van der Waals surface area contributed by atoms with E-state index in [-0.39, 0.29) is 6.10 Å². The zero-order valence-corrected chi connectivity index (χ0v) is 13.3. The lowest BCUT2D eigenvalue weighted by Crippen LogP contribution is -2.39. The van der Waals surface area contributed by atoms with E-state index in [1.165, 1.54) is 0 Å². The second-order valence-electron chi connectivity index (χ2n) is 5.00. The highest BCUT2D eigenvalue weighted by Crippen LogP contribution is 2.30. The Labute approximate surface area is 132 Å².